The Labute approximate surface area is 175 Å². The maximum atomic E-state index is 11.6. The smallest absolute Gasteiger partial charge is 0.220 e. The minimum atomic E-state index is 0.148. The molecule has 6 heteroatoms. The summed E-state index contributed by atoms with van der Waals surface area (Å²) in [6, 6.07) is 8.99. The van der Waals surface area contributed by atoms with Gasteiger partial charge < -0.3 is 15.5 Å². The molecular formula is C23H37N5O. The third-order valence-electron chi connectivity index (χ3n) is 6.21. The highest BCUT2D eigenvalue weighted by Crippen LogP contribution is 2.20. The van der Waals surface area contributed by atoms with Crippen LogP contribution in [0.25, 0.3) is 0 Å². The molecule has 1 aromatic carbocycles. The first-order valence-electron chi connectivity index (χ1n) is 11.1. The molecule has 0 unspecified atom stereocenters. The molecule has 2 saturated heterocycles. The van der Waals surface area contributed by atoms with Crippen LogP contribution in [0, 0.1) is 5.92 Å². The van der Waals surface area contributed by atoms with Gasteiger partial charge in [0.1, 0.15) is 0 Å². The molecule has 29 heavy (non-hydrogen) atoms. The summed E-state index contributed by atoms with van der Waals surface area (Å²) < 4.78 is 0. The maximum Gasteiger partial charge on any atom is 0.220 e. The van der Waals surface area contributed by atoms with Crippen LogP contribution in [0.4, 0.5) is 0 Å². The molecule has 2 aliphatic rings. The molecule has 0 radical (unpaired) electrons. The Morgan fingerprint density at radius 1 is 1.03 bits per heavy atom. The van der Waals surface area contributed by atoms with Crippen molar-refractivity contribution in [2.24, 2.45) is 10.9 Å². The molecule has 160 valence electrons. The Morgan fingerprint density at radius 3 is 2.31 bits per heavy atom. The van der Waals surface area contributed by atoms with Gasteiger partial charge in [0.25, 0.3) is 0 Å². The second-order valence-electron chi connectivity index (χ2n) is 8.36. The topological polar surface area (TPSA) is 60.0 Å². The number of hydrogen-bond acceptors (Lipinski definition) is 3. The number of carbonyl (C=O) groups is 1. The molecule has 1 amide bonds. The summed E-state index contributed by atoms with van der Waals surface area (Å²) in [6.45, 7) is 6.24. The quantitative estimate of drug-likeness (QED) is 0.570. The van der Waals surface area contributed by atoms with E-state index in [-0.39, 0.29) is 5.91 Å². The number of benzene rings is 1. The predicted molar refractivity (Wildman–Crippen MR) is 119 cm³/mol. The molecule has 3 rings (SSSR count). The summed E-state index contributed by atoms with van der Waals surface area (Å²) in [5, 5.41) is 6.24. The van der Waals surface area contributed by atoms with E-state index in [1.165, 1.54) is 43.5 Å². The van der Waals surface area contributed by atoms with Gasteiger partial charge in [0.2, 0.25) is 5.91 Å². The van der Waals surface area contributed by atoms with E-state index < -0.39 is 0 Å². The van der Waals surface area contributed by atoms with Crippen LogP contribution in [0.15, 0.2) is 29.3 Å². The van der Waals surface area contributed by atoms with E-state index in [0.29, 0.717) is 12.3 Å². The average Bonchev–Trinajstić information content (AvgIpc) is 2.77. The lowest BCUT2D eigenvalue weighted by molar-refractivity contribution is -0.121. The van der Waals surface area contributed by atoms with Crippen LogP contribution in [-0.4, -0.2) is 61.9 Å². The minimum absolute atomic E-state index is 0.148. The predicted octanol–water partition coefficient (Wildman–Crippen LogP) is 2.60. The SMILES string of the molecule is CN=C(NCc1ccc(CN2CCCCC2)cc1)N1CCC(CC(=O)NC)CC1. The zero-order valence-corrected chi connectivity index (χ0v) is 18.1. The Kier molecular flexibility index (Phi) is 8.35. The summed E-state index contributed by atoms with van der Waals surface area (Å²) in [6.07, 6.45) is 6.78. The van der Waals surface area contributed by atoms with Gasteiger partial charge in [0, 0.05) is 46.7 Å². The number of nitrogens with one attached hydrogen (secondary N) is 2. The van der Waals surface area contributed by atoms with Crippen LogP contribution >= 0.6 is 0 Å². The van der Waals surface area contributed by atoms with E-state index in [4.69, 9.17) is 0 Å². The van der Waals surface area contributed by atoms with Gasteiger partial charge in [-0.3, -0.25) is 14.7 Å². The van der Waals surface area contributed by atoms with Gasteiger partial charge in [-0.05, 0) is 55.8 Å². The lowest BCUT2D eigenvalue weighted by Crippen LogP contribution is -2.45. The normalized spacial score (nSPS) is 19.2. The number of rotatable bonds is 6. The van der Waals surface area contributed by atoms with Crippen LogP contribution in [0.5, 0.6) is 0 Å². The van der Waals surface area contributed by atoms with Gasteiger partial charge in [-0.1, -0.05) is 30.7 Å². The zero-order chi connectivity index (χ0) is 20.5. The van der Waals surface area contributed by atoms with E-state index in [0.717, 1.165) is 45.0 Å². The number of piperidine rings is 2. The number of carbonyl (C=O) groups excluding carboxylic acids is 1. The molecule has 0 aliphatic carbocycles. The lowest BCUT2D eigenvalue weighted by atomic mass is 9.93. The van der Waals surface area contributed by atoms with Crippen LogP contribution in [-0.2, 0) is 17.9 Å². The van der Waals surface area contributed by atoms with Gasteiger partial charge >= 0.3 is 0 Å². The van der Waals surface area contributed by atoms with E-state index >= 15 is 0 Å². The summed E-state index contributed by atoms with van der Waals surface area (Å²) >= 11 is 0. The van der Waals surface area contributed by atoms with Crippen molar-refractivity contribution in [2.75, 3.05) is 40.3 Å². The highest BCUT2D eigenvalue weighted by molar-refractivity contribution is 5.80. The van der Waals surface area contributed by atoms with Gasteiger partial charge in [-0.25, -0.2) is 0 Å². The maximum absolute atomic E-state index is 11.6. The second-order valence-corrected chi connectivity index (χ2v) is 8.36. The summed E-state index contributed by atoms with van der Waals surface area (Å²) in [5.74, 6) is 1.59. The van der Waals surface area contributed by atoms with Crippen molar-refractivity contribution in [1.29, 1.82) is 0 Å². The minimum Gasteiger partial charge on any atom is -0.359 e. The first kappa shape index (κ1) is 21.6. The number of amides is 1. The largest absolute Gasteiger partial charge is 0.359 e. The van der Waals surface area contributed by atoms with Crippen molar-refractivity contribution < 1.29 is 4.79 Å². The number of likely N-dealkylation sites (tertiary alicyclic amines) is 2. The van der Waals surface area contributed by atoms with Gasteiger partial charge in [0.05, 0.1) is 0 Å². The molecule has 0 atom stereocenters. The van der Waals surface area contributed by atoms with Crippen molar-refractivity contribution in [1.82, 2.24) is 20.4 Å². The fraction of sp³-hybridized carbons (Fsp3) is 0.652. The first-order chi connectivity index (χ1) is 14.2. The molecule has 1 aromatic rings. The fourth-order valence-corrected chi connectivity index (χ4v) is 4.36. The number of hydrogen-bond donors (Lipinski definition) is 2. The standard InChI is InChI=1S/C23H37N5O/c1-24-22(29)16-19-10-14-28(15-11-19)23(25-2)26-17-20-6-8-21(9-7-20)18-27-12-4-3-5-13-27/h6-9,19H,3-5,10-18H2,1-2H3,(H,24,29)(H,25,26). The van der Waals surface area contributed by atoms with E-state index in [9.17, 15) is 4.79 Å². The van der Waals surface area contributed by atoms with E-state index in [1.54, 1.807) is 7.05 Å². The Hall–Kier alpha value is -2.08. The number of guanidine groups is 1. The zero-order valence-electron chi connectivity index (χ0n) is 18.1. The highest BCUT2D eigenvalue weighted by Gasteiger charge is 2.23. The first-order valence-corrected chi connectivity index (χ1v) is 11.1. The summed E-state index contributed by atoms with van der Waals surface area (Å²) in [5.41, 5.74) is 2.68. The van der Waals surface area contributed by atoms with Crippen LogP contribution in [0.3, 0.4) is 0 Å². The molecule has 0 bridgehead atoms. The highest BCUT2D eigenvalue weighted by atomic mass is 16.1. The van der Waals surface area contributed by atoms with Crippen LogP contribution < -0.4 is 10.6 Å². The molecule has 0 aromatic heterocycles. The van der Waals surface area contributed by atoms with Crippen molar-refractivity contribution in [3.63, 3.8) is 0 Å². The Morgan fingerprint density at radius 2 is 1.69 bits per heavy atom. The fourth-order valence-electron chi connectivity index (χ4n) is 4.36. The van der Waals surface area contributed by atoms with Crippen LogP contribution in [0.1, 0.15) is 49.7 Å². The van der Waals surface area contributed by atoms with Crippen molar-refractivity contribution >= 4 is 11.9 Å². The summed E-state index contributed by atoms with van der Waals surface area (Å²) in [7, 11) is 3.56. The second kappa shape index (κ2) is 11.2. The summed E-state index contributed by atoms with van der Waals surface area (Å²) in [4.78, 5) is 20.9. The van der Waals surface area contributed by atoms with Crippen molar-refractivity contribution in [3.05, 3.63) is 35.4 Å². The van der Waals surface area contributed by atoms with Gasteiger partial charge in [0.15, 0.2) is 5.96 Å². The molecule has 2 fully saturated rings. The van der Waals surface area contributed by atoms with Crippen LogP contribution in [0.2, 0.25) is 0 Å². The lowest BCUT2D eigenvalue weighted by Gasteiger charge is -2.34. The molecule has 6 nitrogen and oxygen atoms in total. The van der Waals surface area contributed by atoms with Gasteiger partial charge in [-0.15, -0.1) is 0 Å². The molecule has 2 aliphatic heterocycles. The molecule has 2 N–H and O–H groups in total. The third-order valence-corrected chi connectivity index (χ3v) is 6.21. The average molecular weight is 400 g/mol. The molecule has 0 saturated carbocycles. The monoisotopic (exact) mass is 399 g/mol. The third kappa shape index (κ3) is 6.74. The number of aliphatic imine (C=N–C) groups is 1. The van der Waals surface area contributed by atoms with Crippen molar-refractivity contribution in [2.45, 2.75) is 51.6 Å². The molecule has 2 heterocycles. The Bertz CT molecular complexity index is 658. The van der Waals surface area contributed by atoms with Gasteiger partial charge in [-0.2, -0.15) is 0 Å². The molecule has 0 spiro atoms. The Balaban J connectivity index is 1.43. The van der Waals surface area contributed by atoms with E-state index in [2.05, 4.69) is 49.7 Å². The van der Waals surface area contributed by atoms with Crippen molar-refractivity contribution in [3.8, 4) is 0 Å². The van der Waals surface area contributed by atoms with E-state index in [1.807, 2.05) is 7.05 Å². The molecular weight excluding hydrogens is 362 g/mol. The number of nitrogens with zero attached hydrogens (tertiary/aromatic N) is 3.